The van der Waals surface area contributed by atoms with Crippen LogP contribution in [-0.2, 0) is 0 Å². The van der Waals surface area contributed by atoms with E-state index in [0.29, 0.717) is 0 Å². The van der Waals surface area contributed by atoms with E-state index in [9.17, 15) is 0 Å². The molecule has 0 unspecified atom stereocenters. The number of anilines is 1. The smallest absolute Gasteiger partial charge is 0.274 e. The molecule has 1 aromatic carbocycles. The number of nitrogens with zero attached hydrogens (tertiary/aromatic N) is 1. The van der Waals surface area contributed by atoms with E-state index < -0.39 is 0 Å². The number of hydrogen-bond donors (Lipinski definition) is 1. The summed E-state index contributed by atoms with van der Waals surface area (Å²) in [5.74, 6) is 0. The van der Waals surface area contributed by atoms with Crippen molar-refractivity contribution in [1.29, 1.82) is 0 Å². The van der Waals surface area contributed by atoms with Crippen molar-refractivity contribution in [2.24, 2.45) is 0 Å². The maximum Gasteiger partial charge on any atom is 0.274 e. The summed E-state index contributed by atoms with van der Waals surface area (Å²) in [6.07, 6.45) is 2.20. The van der Waals surface area contributed by atoms with E-state index in [1.807, 2.05) is 18.2 Å². The van der Waals surface area contributed by atoms with Gasteiger partial charge in [-0.05, 0) is 24.6 Å². The Labute approximate surface area is 92.9 Å². The lowest BCUT2D eigenvalue weighted by Crippen LogP contribution is -1.95. The van der Waals surface area contributed by atoms with Crippen LogP contribution in [0.25, 0.3) is 10.2 Å². The minimum Gasteiger partial charge on any atom is -0.470 e. The van der Waals surface area contributed by atoms with Gasteiger partial charge < -0.3 is 10.5 Å². The molecule has 3 nitrogen and oxygen atoms in total. The molecule has 4 heteroatoms. The largest absolute Gasteiger partial charge is 0.470 e. The second-order valence-corrected chi connectivity index (χ2v) is 4.40. The van der Waals surface area contributed by atoms with Crippen LogP contribution < -0.4 is 10.5 Å². The summed E-state index contributed by atoms with van der Waals surface area (Å²) in [4.78, 5) is 4.37. The second kappa shape index (κ2) is 4.49. The van der Waals surface area contributed by atoms with Crippen molar-refractivity contribution in [1.82, 2.24) is 4.98 Å². The van der Waals surface area contributed by atoms with Crippen molar-refractivity contribution in [3.63, 3.8) is 0 Å². The zero-order valence-electron chi connectivity index (χ0n) is 8.69. The van der Waals surface area contributed by atoms with Crippen LogP contribution in [0.4, 0.5) is 5.69 Å². The van der Waals surface area contributed by atoms with Gasteiger partial charge in [0.05, 0.1) is 16.8 Å². The monoisotopic (exact) mass is 222 g/mol. The van der Waals surface area contributed by atoms with Gasteiger partial charge in [0.2, 0.25) is 0 Å². The van der Waals surface area contributed by atoms with Gasteiger partial charge in [-0.1, -0.05) is 24.7 Å². The molecule has 0 amide bonds. The second-order valence-electron chi connectivity index (χ2n) is 3.41. The van der Waals surface area contributed by atoms with Gasteiger partial charge in [0.15, 0.2) is 0 Å². The minimum absolute atomic E-state index is 0.740. The van der Waals surface area contributed by atoms with Crippen LogP contribution in [-0.4, -0.2) is 11.6 Å². The first-order valence-corrected chi connectivity index (χ1v) is 5.90. The molecule has 0 saturated heterocycles. The van der Waals surface area contributed by atoms with E-state index in [4.69, 9.17) is 10.5 Å². The van der Waals surface area contributed by atoms with Gasteiger partial charge >= 0.3 is 0 Å². The van der Waals surface area contributed by atoms with E-state index in [1.165, 1.54) is 0 Å². The van der Waals surface area contributed by atoms with Crippen LogP contribution >= 0.6 is 11.3 Å². The molecule has 0 bridgehead atoms. The number of rotatable bonds is 4. The fourth-order valence-electron chi connectivity index (χ4n) is 1.29. The summed E-state index contributed by atoms with van der Waals surface area (Å²) >= 11 is 1.55. The topological polar surface area (TPSA) is 48.1 Å². The SMILES string of the molecule is CCCCOc1nc2ccc(N)cc2s1. The van der Waals surface area contributed by atoms with Crippen LogP contribution in [0.5, 0.6) is 5.19 Å². The van der Waals surface area contributed by atoms with Gasteiger partial charge in [-0.2, -0.15) is 0 Å². The molecule has 2 rings (SSSR count). The van der Waals surface area contributed by atoms with E-state index in [0.717, 1.165) is 40.5 Å². The summed E-state index contributed by atoms with van der Waals surface area (Å²) in [6.45, 7) is 2.88. The maximum atomic E-state index is 5.69. The Bertz CT molecular complexity index is 453. The van der Waals surface area contributed by atoms with Gasteiger partial charge in [-0.3, -0.25) is 0 Å². The normalized spacial score (nSPS) is 10.7. The fraction of sp³-hybridized carbons (Fsp3) is 0.364. The number of thiazole rings is 1. The number of benzene rings is 1. The van der Waals surface area contributed by atoms with Crippen LogP contribution in [0.15, 0.2) is 18.2 Å². The highest BCUT2D eigenvalue weighted by Crippen LogP contribution is 2.29. The number of unbranched alkanes of at least 4 members (excludes halogenated alkanes) is 1. The van der Waals surface area contributed by atoms with Crippen LogP contribution in [0.3, 0.4) is 0 Å². The Morgan fingerprint density at radius 2 is 2.33 bits per heavy atom. The summed E-state index contributed by atoms with van der Waals surface area (Å²) in [6, 6.07) is 5.71. The van der Waals surface area contributed by atoms with Crippen LogP contribution in [0.2, 0.25) is 0 Å². The molecule has 1 heterocycles. The van der Waals surface area contributed by atoms with E-state index in [-0.39, 0.29) is 0 Å². The molecule has 2 aromatic rings. The summed E-state index contributed by atoms with van der Waals surface area (Å²) in [5.41, 5.74) is 7.42. The first-order chi connectivity index (χ1) is 7.29. The third kappa shape index (κ3) is 2.39. The summed E-state index contributed by atoms with van der Waals surface area (Å²) < 4.78 is 6.62. The van der Waals surface area contributed by atoms with Crippen LogP contribution in [0.1, 0.15) is 19.8 Å². The molecule has 0 fully saturated rings. The number of hydrogen-bond acceptors (Lipinski definition) is 4. The molecule has 0 radical (unpaired) electrons. The standard InChI is InChI=1S/C11H14N2OS/c1-2-3-6-14-11-13-9-5-4-8(12)7-10(9)15-11/h4-5,7H,2-3,6,12H2,1H3. The third-order valence-electron chi connectivity index (χ3n) is 2.12. The molecule has 0 aliphatic heterocycles. The number of nitrogens with two attached hydrogens (primary N) is 1. The first kappa shape index (κ1) is 10.2. The highest BCUT2D eigenvalue weighted by atomic mass is 32.1. The predicted octanol–water partition coefficient (Wildman–Crippen LogP) is 3.06. The van der Waals surface area contributed by atoms with Gasteiger partial charge in [0, 0.05) is 5.69 Å². The first-order valence-electron chi connectivity index (χ1n) is 5.08. The lowest BCUT2D eigenvalue weighted by molar-refractivity contribution is 0.308. The van der Waals surface area contributed by atoms with Crippen molar-refractivity contribution in [2.75, 3.05) is 12.3 Å². The average molecular weight is 222 g/mol. The molecule has 0 aliphatic carbocycles. The quantitative estimate of drug-likeness (QED) is 0.639. The number of aromatic nitrogens is 1. The Balaban J connectivity index is 2.16. The molecule has 0 atom stereocenters. The zero-order valence-corrected chi connectivity index (χ0v) is 9.51. The van der Waals surface area contributed by atoms with E-state index >= 15 is 0 Å². The van der Waals surface area contributed by atoms with Gasteiger partial charge in [0.25, 0.3) is 5.19 Å². The maximum absolute atomic E-state index is 5.69. The molecule has 15 heavy (non-hydrogen) atoms. The number of fused-ring (bicyclic) bond motifs is 1. The number of nitrogen functional groups attached to an aromatic ring is 1. The third-order valence-corrected chi connectivity index (χ3v) is 3.05. The van der Waals surface area contributed by atoms with Crippen molar-refractivity contribution in [3.05, 3.63) is 18.2 Å². The lowest BCUT2D eigenvalue weighted by atomic mass is 10.3. The number of ether oxygens (including phenoxy) is 1. The minimum atomic E-state index is 0.740. The zero-order chi connectivity index (χ0) is 10.7. The Kier molecular flexibility index (Phi) is 3.06. The fourth-order valence-corrected chi connectivity index (χ4v) is 2.17. The van der Waals surface area contributed by atoms with Crippen molar-refractivity contribution >= 4 is 27.2 Å². The molecule has 0 saturated carbocycles. The molecule has 80 valence electrons. The average Bonchev–Trinajstić information content (AvgIpc) is 2.60. The molecular formula is C11H14N2OS. The van der Waals surface area contributed by atoms with Crippen molar-refractivity contribution < 1.29 is 4.74 Å². The van der Waals surface area contributed by atoms with Gasteiger partial charge in [-0.25, -0.2) is 4.98 Å². The van der Waals surface area contributed by atoms with E-state index in [1.54, 1.807) is 11.3 Å². The van der Waals surface area contributed by atoms with Crippen molar-refractivity contribution in [3.8, 4) is 5.19 Å². The van der Waals surface area contributed by atoms with E-state index in [2.05, 4.69) is 11.9 Å². The summed E-state index contributed by atoms with van der Waals surface area (Å²) in [7, 11) is 0. The molecule has 0 spiro atoms. The molecule has 0 aliphatic rings. The lowest BCUT2D eigenvalue weighted by Gasteiger charge is -1.98. The summed E-state index contributed by atoms with van der Waals surface area (Å²) in [5, 5.41) is 0.740. The van der Waals surface area contributed by atoms with Gasteiger partial charge in [0.1, 0.15) is 0 Å². The van der Waals surface area contributed by atoms with Gasteiger partial charge in [-0.15, -0.1) is 0 Å². The van der Waals surface area contributed by atoms with Crippen LogP contribution in [0, 0.1) is 0 Å². The highest BCUT2D eigenvalue weighted by Gasteiger charge is 2.04. The molecule has 2 N–H and O–H groups in total. The Morgan fingerprint density at radius 1 is 1.47 bits per heavy atom. The molecular weight excluding hydrogens is 208 g/mol. The Morgan fingerprint density at radius 3 is 3.13 bits per heavy atom. The predicted molar refractivity (Wildman–Crippen MR) is 64.4 cm³/mol. The molecule has 1 aromatic heterocycles. The van der Waals surface area contributed by atoms with Crippen molar-refractivity contribution in [2.45, 2.75) is 19.8 Å². The Hall–Kier alpha value is -1.29. The highest BCUT2D eigenvalue weighted by molar-refractivity contribution is 7.20.